The standard InChI is InChI=1S/C16H19ClN2OS/c1-12-6-7-21-15(12)10-19(2)11-16(20)18-9-13-4-3-5-14(17)8-13/h3-8H,9-11H2,1-2H3,(H,18,20). The van der Waals surface area contributed by atoms with Gasteiger partial charge in [0.05, 0.1) is 6.54 Å². The minimum Gasteiger partial charge on any atom is -0.351 e. The lowest BCUT2D eigenvalue weighted by atomic mass is 10.2. The summed E-state index contributed by atoms with van der Waals surface area (Å²) < 4.78 is 0. The van der Waals surface area contributed by atoms with Crippen LogP contribution in [0.1, 0.15) is 16.0 Å². The van der Waals surface area contributed by atoms with E-state index >= 15 is 0 Å². The van der Waals surface area contributed by atoms with E-state index in [-0.39, 0.29) is 5.91 Å². The van der Waals surface area contributed by atoms with Gasteiger partial charge in [0, 0.05) is 23.0 Å². The van der Waals surface area contributed by atoms with Crippen LogP contribution in [0.25, 0.3) is 0 Å². The number of hydrogen-bond acceptors (Lipinski definition) is 3. The van der Waals surface area contributed by atoms with Gasteiger partial charge in [-0.05, 0) is 48.7 Å². The number of halogens is 1. The van der Waals surface area contributed by atoms with Crippen molar-refractivity contribution >= 4 is 28.8 Å². The summed E-state index contributed by atoms with van der Waals surface area (Å²) in [6, 6.07) is 9.62. The van der Waals surface area contributed by atoms with Crippen molar-refractivity contribution in [2.24, 2.45) is 0 Å². The highest BCUT2D eigenvalue weighted by Gasteiger charge is 2.09. The van der Waals surface area contributed by atoms with E-state index in [2.05, 4.69) is 23.7 Å². The summed E-state index contributed by atoms with van der Waals surface area (Å²) in [7, 11) is 1.96. The summed E-state index contributed by atoms with van der Waals surface area (Å²) >= 11 is 7.65. The molecule has 21 heavy (non-hydrogen) atoms. The summed E-state index contributed by atoms with van der Waals surface area (Å²) in [5, 5.41) is 5.68. The highest BCUT2D eigenvalue weighted by Crippen LogP contribution is 2.17. The lowest BCUT2D eigenvalue weighted by Gasteiger charge is -2.16. The van der Waals surface area contributed by atoms with Gasteiger partial charge in [0.2, 0.25) is 5.91 Å². The molecule has 2 aromatic rings. The van der Waals surface area contributed by atoms with Crippen molar-refractivity contribution in [2.75, 3.05) is 13.6 Å². The Balaban J connectivity index is 1.77. The molecular formula is C16H19ClN2OS. The molecule has 0 aliphatic rings. The van der Waals surface area contributed by atoms with Gasteiger partial charge in [-0.2, -0.15) is 0 Å². The second-order valence-corrected chi connectivity index (χ2v) is 6.54. The van der Waals surface area contributed by atoms with Crippen LogP contribution < -0.4 is 5.32 Å². The van der Waals surface area contributed by atoms with Crippen molar-refractivity contribution in [2.45, 2.75) is 20.0 Å². The largest absolute Gasteiger partial charge is 0.351 e. The average Bonchev–Trinajstić information content (AvgIpc) is 2.82. The molecule has 1 amide bonds. The van der Waals surface area contributed by atoms with Gasteiger partial charge in [-0.15, -0.1) is 11.3 Å². The van der Waals surface area contributed by atoms with Crippen LogP contribution in [0.5, 0.6) is 0 Å². The summed E-state index contributed by atoms with van der Waals surface area (Å²) in [6.07, 6.45) is 0. The Kier molecular flexibility index (Phi) is 5.79. The first-order chi connectivity index (χ1) is 10.0. The molecule has 5 heteroatoms. The maximum Gasteiger partial charge on any atom is 0.234 e. The summed E-state index contributed by atoms with van der Waals surface area (Å²) in [5.74, 6) is 0.0201. The van der Waals surface area contributed by atoms with E-state index in [1.54, 1.807) is 11.3 Å². The van der Waals surface area contributed by atoms with Crippen LogP contribution in [0.2, 0.25) is 5.02 Å². The van der Waals surface area contributed by atoms with Gasteiger partial charge in [0.1, 0.15) is 0 Å². The number of nitrogens with zero attached hydrogens (tertiary/aromatic N) is 1. The second kappa shape index (κ2) is 7.59. The number of aryl methyl sites for hydroxylation is 1. The molecule has 112 valence electrons. The van der Waals surface area contributed by atoms with E-state index in [0.717, 1.165) is 12.1 Å². The van der Waals surface area contributed by atoms with Gasteiger partial charge < -0.3 is 5.32 Å². The molecular weight excluding hydrogens is 304 g/mol. The Morgan fingerprint density at radius 3 is 2.86 bits per heavy atom. The summed E-state index contributed by atoms with van der Waals surface area (Å²) in [5.41, 5.74) is 2.29. The molecule has 0 bridgehead atoms. The fraction of sp³-hybridized carbons (Fsp3) is 0.312. The molecule has 0 saturated carbocycles. The lowest BCUT2D eigenvalue weighted by molar-refractivity contribution is -0.122. The molecule has 1 aromatic carbocycles. The molecule has 3 nitrogen and oxygen atoms in total. The Bertz CT molecular complexity index is 612. The smallest absolute Gasteiger partial charge is 0.234 e. The van der Waals surface area contributed by atoms with E-state index < -0.39 is 0 Å². The zero-order valence-corrected chi connectivity index (χ0v) is 13.8. The SMILES string of the molecule is Cc1ccsc1CN(C)CC(=O)NCc1cccc(Cl)c1. The third kappa shape index (κ3) is 5.16. The molecule has 0 unspecified atom stereocenters. The van der Waals surface area contributed by atoms with Crippen LogP contribution in [-0.4, -0.2) is 24.4 Å². The highest BCUT2D eigenvalue weighted by atomic mass is 35.5. The van der Waals surface area contributed by atoms with E-state index in [1.807, 2.05) is 36.2 Å². The molecule has 0 fully saturated rings. The predicted octanol–water partition coefficient (Wildman–Crippen LogP) is 3.46. The van der Waals surface area contributed by atoms with Crippen LogP contribution in [0, 0.1) is 6.92 Å². The number of thiophene rings is 1. The molecule has 0 aliphatic heterocycles. The van der Waals surface area contributed by atoms with E-state index in [9.17, 15) is 4.79 Å². The number of rotatable bonds is 6. The minimum absolute atomic E-state index is 0.0201. The molecule has 1 N–H and O–H groups in total. The van der Waals surface area contributed by atoms with Crippen molar-refractivity contribution in [3.8, 4) is 0 Å². The highest BCUT2D eigenvalue weighted by molar-refractivity contribution is 7.10. The van der Waals surface area contributed by atoms with Gasteiger partial charge >= 0.3 is 0 Å². The first-order valence-corrected chi connectivity index (χ1v) is 8.03. The van der Waals surface area contributed by atoms with Gasteiger partial charge in [-0.1, -0.05) is 23.7 Å². The molecule has 0 saturated heterocycles. The van der Waals surface area contributed by atoms with Gasteiger partial charge in [-0.3, -0.25) is 9.69 Å². The lowest BCUT2D eigenvalue weighted by Crippen LogP contribution is -2.34. The van der Waals surface area contributed by atoms with E-state index in [1.165, 1.54) is 10.4 Å². The van der Waals surface area contributed by atoms with Crippen LogP contribution in [-0.2, 0) is 17.9 Å². The molecule has 0 atom stereocenters. The first-order valence-electron chi connectivity index (χ1n) is 6.77. The van der Waals surface area contributed by atoms with Gasteiger partial charge in [0.15, 0.2) is 0 Å². The van der Waals surface area contributed by atoms with Crippen molar-refractivity contribution in [1.82, 2.24) is 10.2 Å². The van der Waals surface area contributed by atoms with Crippen LogP contribution in [0.4, 0.5) is 0 Å². The number of nitrogens with one attached hydrogen (secondary N) is 1. The monoisotopic (exact) mass is 322 g/mol. The van der Waals surface area contributed by atoms with Gasteiger partial charge in [-0.25, -0.2) is 0 Å². The Labute approximate surface area is 134 Å². The van der Waals surface area contributed by atoms with Crippen LogP contribution in [0.3, 0.4) is 0 Å². The van der Waals surface area contributed by atoms with Crippen molar-refractivity contribution in [1.29, 1.82) is 0 Å². The van der Waals surface area contributed by atoms with Crippen molar-refractivity contribution < 1.29 is 4.79 Å². The molecule has 0 aliphatic carbocycles. The Morgan fingerprint density at radius 1 is 1.38 bits per heavy atom. The van der Waals surface area contributed by atoms with Gasteiger partial charge in [0.25, 0.3) is 0 Å². The maximum atomic E-state index is 11.9. The summed E-state index contributed by atoms with van der Waals surface area (Å²) in [6.45, 7) is 3.79. The third-order valence-corrected chi connectivity index (χ3v) is 4.42. The van der Waals surface area contributed by atoms with Crippen LogP contribution in [0.15, 0.2) is 35.7 Å². The van der Waals surface area contributed by atoms with Crippen LogP contribution >= 0.6 is 22.9 Å². The topological polar surface area (TPSA) is 32.3 Å². The second-order valence-electron chi connectivity index (χ2n) is 5.11. The fourth-order valence-corrected chi connectivity index (χ4v) is 3.21. The Hall–Kier alpha value is -1.36. The number of hydrogen-bond donors (Lipinski definition) is 1. The minimum atomic E-state index is 0.0201. The van der Waals surface area contributed by atoms with Crippen molar-refractivity contribution in [3.05, 3.63) is 56.7 Å². The molecule has 1 aromatic heterocycles. The molecule has 2 rings (SSSR count). The van der Waals surface area contributed by atoms with E-state index in [4.69, 9.17) is 11.6 Å². The fourth-order valence-electron chi connectivity index (χ4n) is 2.02. The third-order valence-electron chi connectivity index (χ3n) is 3.17. The first kappa shape index (κ1) is 16.0. The average molecular weight is 323 g/mol. The normalized spacial score (nSPS) is 10.9. The quantitative estimate of drug-likeness (QED) is 0.883. The molecule has 0 spiro atoms. The summed E-state index contributed by atoms with van der Waals surface area (Å²) in [4.78, 5) is 15.3. The molecule has 0 radical (unpaired) electrons. The zero-order chi connectivity index (χ0) is 15.2. The number of carbonyl (C=O) groups is 1. The maximum absolute atomic E-state index is 11.9. The number of amides is 1. The molecule has 1 heterocycles. The zero-order valence-electron chi connectivity index (χ0n) is 12.2. The van der Waals surface area contributed by atoms with Crippen molar-refractivity contribution in [3.63, 3.8) is 0 Å². The Morgan fingerprint density at radius 2 is 2.19 bits per heavy atom. The number of carbonyl (C=O) groups excluding carboxylic acids is 1. The number of benzene rings is 1. The number of likely N-dealkylation sites (N-methyl/N-ethyl adjacent to an activating group) is 1. The van der Waals surface area contributed by atoms with E-state index in [0.29, 0.717) is 18.1 Å². The predicted molar refractivity (Wildman–Crippen MR) is 88.7 cm³/mol.